The van der Waals surface area contributed by atoms with Gasteiger partial charge in [-0.15, -0.1) is 10.2 Å². The number of sulfonamides is 2. The lowest BCUT2D eigenvalue weighted by molar-refractivity contribution is 0.121. The topological polar surface area (TPSA) is 271 Å². The summed E-state index contributed by atoms with van der Waals surface area (Å²) in [7, 11) is -5.84. The molecule has 0 radical (unpaired) electrons. The highest BCUT2D eigenvalue weighted by atomic mass is 32.2. The minimum atomic E-state index is -5.23. The van der Waals surface area contributed by atoms with Crippen molar-refractivity contribution in [1.82, 2.24) is 49.3 Å². The molecule has 0 aliphatic heterocycles. The number of hydrogen-bond donors (Lipinski definition) is 5. The number of methoxy groups -OCH3 is 3. The summed E-state index contributed by atoms with van der Waals surface area (Å²) in [6, 6.07) is 22.3. The molecule has 7 rings (SSSR count). The Bertz CT molecular complexity index is 3250. The molecule has 3 heterocycles. The third kappa shape index (κ3) is 12.2. The maximum Gasteiger partial charge on any atom is 0.404 e. The van der Waals surface area contributed by atoms with E-state index in [1.54, 1.807) is 149 Å². The van der Waals surface area contributed by atoms with Crippen LogP contribution >= 0.6 is 0 Å². The normalized spacial score (nSPS) is 13.5. The van der Waals surface area contributed by atoms with Gasteiger partial charge in [0.2, 0.25) is 25.9 Å². The summed E-state index contributed by atoms with van der Waals surface area (Å²) in [6.07, 6.45) is 1.96. The summed E-state index contributed by atoms with van der Waals surface area (Å²) < 4.78 is 86.3. The first-order chi connectivity index (χ1) is 34.9. The van der Waals surface area contributed by atoms with E-state index in [4.69, 9.17) is 19.3 Å². The number of amides is 2. The van der Waals surface area contributed by atoms with E-state index in [9.17, 15) is 19.8 Å². The Hall–Kier alpha value is -7.60. The molecule has 2 unspecified atom stereocenters. The average molecular weight is 1050 g/mol. The molecule has 0 aliphatic carbocycles. The SMILES string of the molecule is COc1ccc(CN(Cc2ccc(OC)cc2)S(=O)(=O)c2c(S(=O)(=O)NC(C(NC(=O)O)C(C)(C)C)C(NC(=O)O)C(C)(C)C)ccc(-c3cccn4ccnc34)c2-c2nnn(Cc3ccc(OC)cc3)n2)cc1. The first-order valence-electron chi connectivity index (χ1n) is 23.2. The number of tetrazole rings is 1. The van der Waals surface area contributed by atoms with E-state index >= 15 is 16.8 Å². The largest absolute Gasteiger partial charge is 0.497 e. The molecule has 5 N–H and O–H groups in total. The monoisotopic (exact) mass is 1050 g/mol. The van der Waals surface area contributed by atoms with Gasteiger partial charge in [-0.25, -0.2) is 36.1 Å². The smallest absolute Gasteiger partial charge is 0.404 e. The molecule has 392 valence electrons. The maximum atomic E-state index is 16.5. The fourth-order valence-corrected chi connectivity index (χ4v) is 12.4. The zero-order valence-electron chi connectivity index (χ0n) is 42.3. The fourth-order valence-electron chi connectivity index (χ4n) is 8.69. The van der Waals surface area contributed by atoms with Gasteiger partial charge in [-0.3, -0.25) is 0 Å². The van der Waals surface area contributed by atoms with Crippen LogP contribution in [0.4, 0.5) is 9.59 Å². The van der Waals surface area contributed by atoms with Crippen LogP contribution in [-0.4, -0.2) is 113 Å². The lowest BCUT2D eigenvalue weighted by Crippen LogP contribution is -2.67. The summed E-state index contributed by atoms with van der Waals surface area (Å²) in [5.41, 5.74) is 0.239. The summed E-state index contributed by atoms with van der Waals surface area (Å²) in [5, 5.41) is 38.8. The van der Waals surface area contributed by atoms with Gasteiger partial charge in [-0.05, 0) is 92.9 Å². The fraction of sp³-hybridized carbons (Fsp3) is 0.333. The molecule has 0 bridgehead atoms. The van der Waals surface area contributed by atoms with Gasteiger partial charge in [-0.1, -0.05) is 84.0 Å². The van der Waals surface area contributed by atoms with Gasteiger partial charge in [0.25, 0.3) is 0 Å². The van der Waals surface area contributed by atoms with Gasteiger partial charge >= 0.3 is 12.2 Å². The van der Waals surface area contributed by atoms with Crippen LogP contribution in [0.5, 0.6) is 17.2 Å². The van der Waals surface area contributed by atoms with E-state index in [-0.39, 0.29) is 36.6 Å². The number of aromatic nitrogens is 6. The summed E-state index contributed by atoms with van der Waals surface area (Å²) in [5.74, 6) is 1.35. The number of nitrogens with one attached hydrogen (secondary N) is 3. The molecule has 23 heteroatoms. The number of pyridine rings is 1. The molecular formula is C51H60N10O11S2. The van der Waals surface area contributed by atoms with Crippen molar-refractivity contribution in [3.8, 4) is 39.8 Å². The summed E-state index contributed by atoms with van der Waals surface area (Å²) >= 11 is 0. The molecule has 0 fully saturated rings. The zero-order chi connectivity index (χ0) is 53.8. The van der Waals surface area contributed by atoms with Crippen LogP contribution in [0.1, 0.15) is 58.2 Å². The van der Waals surface area contributed by atoms with Gasteiger partial charge in [0.15, 0.2) is 0 Å². The van der Waals surface area contributed by atoms with Gasteiger partial charge in [0, 0.05) is 37.2 Å². The van der Waals surface area contributed by atoms with E-state index in [0.29, 0.717) is 39.6 Å². The van der Waals surface area contributed by atoms with Gasteiger partial charge in [0.05, 0.1) is 51.6 Å². The van der Waals surface area contributed by atoms with Crippen LogP contribution in [0.2, 0.25) is 0 Å². The van der Waals surface area contributed by atoms with Crippen LogP contribution in [0.3, 0.4) is 0 Å². The van der Waals surface area contributed by atoms with E-state index < -0.39 is 71.0 Å². The predicted molar refractivity (Wildman–Crippen MR) is 275 cm³/mol. The Morgan fingerprint density at radius 1 is 0.676 bits per heavy atom. The van der Waals surface area contributed by atoms with E-state index in [1.165, 1.54) is 32.2 Å². The molecule has 74 heavy (non-hydrogen) atoms. The number of benzene rings is 4. The van der Waals surface area contributed by atoms with E-state index in [2.05, 4.69) is 30.7 Å². The molecule has 3 aromatic heterocycles. The van der Waals surface area contributed by atoms with E-state index in [0.717, 1.165) is 15.9 Å². The maximum absolute atomic E-state index is 16.5. The van der Waals surface area contributed by atoms with Gasteiger partial charge in [-0.2, -0.15) is 9.10 Å². The molecular weight excluding hydrogens is 993 g/mol. The Morgan fingerprint density at radius 2 is 1.18 bits per heavy atom. The second-order valence-corrected chi connectivity index (χ2v) is 23.1. The summed E-state index contributed by atoms with van der Waals surface area (Å²) in [6.45, 7) is 9.41. The van der Waals surface area contributed by atoms with E-state index in [1.807, 2.05) is 0 Å². The number of rotatable bonds is 20. The molecule has 0 aliphatic rings. The summed E-state index contributed by atoms with van der Waals surface area (Å²) in [4.78, 5) is 29.4. The molecule has 0 saturated heterocycles. The molecule has 4 aromatic carbocycles. The van der Waals surface area contributed by atoms with Crippen molar-refractivity contribution in [1.29, 1.82) is 0 Å². The number of fused-ring (bicyclic) bond motifs is 1. The lowest BCUT2D eigenvalue weighted by Gasteiger charge is -2.45. The van der Waals surface area contributed by atoms with Crippen molar-refractivity contribution in [2.45, 2.75) is 89.1 Å². The second kappa shape index (κ2) is 21.9. The van der Waals surface area contributed by atoms with Crippen molar-refractivity contribution in [2.24, 2.45) is 10.8 Å². The molecule has 21 nitrogen and oxygen atoms in total. The first kappa shape index (κ1) is 54.2. The van der Waals surface area contributed by atoms with Crippen molar-refractivity contribution < 1.29 is 50.8 Å². The molecule has 2 atom stereocenters. The third-order valence-electron chi connectivity index (χ3n) is 12.3. The van der Waals surface area contributed by atoms with Crippen LogP contribution in [0, 0.1) is 10.8 Å². The van der Waals surface area contributed by atoms with Crippen molar-refractivity contribution in [3.05, 3.63) is 132 Å². The number of hydrogen-bond acceptors (Lipinski definition) is 13. The Labute approximate surface area is 429 Å². The highest BCUT2D eigenvalue weighted by Gasteiger charge is 2.47. The Kier molecular flexibility index (Phi) is 16.0. The third-order valence-corrected chi connectivity index (χ3v) is 15.9. The quantitative estimate of drug-likeness (QED) is 0.0508. The minimum absolute atomic E-state index is 0.0576. The first-order valence-corrected chi connectivity index (χ1v) is 26.1. The number of carboxylic acid groups (broad SMARTS) is 2. The van der Waals surface area contributed by atoms with Gasteiger partial charge in [0.1, 0.15) is 32.7 Å². The lowest BCUT2D eigenvalue weighted by atomic mass is 9.73. The molecule has 0 saturated carbocycles. The number of ether oxygens (including phenoxy) is 3. The second-order valence-electron chi connectivity index (χ2n) is 19.6. The minimum Gasteiger partial charge on any atom is -0.497 e. The van der Waals surface area contributed by atoms with Crippen molar-refractivity contribution in [2.75, 3.05) is 21.3 Å². The Morgan fingerprint density at radius 3 is 1.65 bits per heavy atom. The standard InChI is InChI=1S/C51H60N10O11S2/c1-50(2,3)44(53-48(62)63)42(45(51(4,5)6)54-49(64)65)57-73(66,67)40-25-24-38(39-11-10-27-59-28-26-52-47(39)59)41(46-55-58-61(56-46)31-34-16-22-37(72-9)23-17-34)43(40)74(68,69)60(29-32-12-18-35(70-7)19-13-32)30-33-14-20-36(71-8)21-15-33/h10-28,42,44-45,53-54,57H,29-31H2,1-9H3,(H,62,63)(H,64,65). The van der Waals surface area contributed by atoms with Crippen LogP contribution in [0.25, 0.3) is 28.2 Å². The Balaban J connectivity index is 1.57. The van der Waals surface area contributed by atoms with Crippen molar-refractivity contribution >= 4 is 37.9 Å². The average Bonchev–Trinajstić information content (AvgIpc) is 4.04. The van der Waals surface area contributed by atoms with Crippen molar-refractivity contribution in [3.63, 3.8) is 0 Å². The molecule has 2 amide bonds. The molecule has 7 aromatic rings. The van der Waals surface area contributed by atoms with Crippen LogP contribution < -0.4 is 29.6 Å². The highest BCUT2D eigenvalue weighted by Crippen LogP contribution is 2.43. The highest BCUT2D eigenvalue weighted by molar-refractivity contribution is 7.92. The molecule has 0 spiro atoms. The van der Waals surface area contributed by atoms with Crippen LogP contribution in [0.15, 0.2) is 125 Å². The number of carbonyl (C=O) groups is 2. The number of nitrogens with zero attached hydrogens (tertiary/aromatic N) is 7. The number of imidazole rings is 1. The van der Waals surface area contributed by atoms with Crippen LogP contribution in [-0.2, 0) is 39.7 Å². The predicted octanol–water partition coefficient (Wildman–Crippen LogP) is 7.13. The van der Waals surface area contributed by atoms with Gasteiger partial charge < -0.3 is 39.5 Å². The zero-order valence-corrected chi connectivity index (χ0v) is 44.0.